The third kappa shape index (κ3) is 6.45. The molecule has 25 heavy (non-hydrogen) atoms. The van der Waals surface area contributed by atoms with Crippen LogP contribution >= 0.6 is 0 Å². The molecule has 8 heteroatoms. The Labute approximate surface area is 145 Å². The molecule has 2 atom stereocenters. The van der Waals surface area contributed by atoms with Crippen molar-refractivity contribution in [2.75, 3.05) is 19.7 Å². The molecular weight excluding hydrogens is 335 g/mol. The van der Waals surface area contributed by atoms with Crippen molar-refractivity contribution in [1.82, 2.24) is 5.32 Å². The highest BCUT2D eigenvalue weighted by molar-refractivity contribution is 5.77. The fraction of sp³-hybridized carbons (Fsp3) is 0.588. The maximum atomic E-state index is 12.7. The Kier molecular flexibility index (Phi) is 6.92. The highest BCUT2D eigenvalue weighted by atomic mass is 19.4. The number of benzene rings is 1. The van der Waals surface area contributed by atoms with Gasteiger partial charge >= 0.3 is 6.18 Å². The number of rotatable bonds is 7. The number of nitrogens with two attached hydrogens (primary N) is 1. The minimum atomic E-state index is -4.39. The fourth-order valence-electron chi connectivity index (χ4n) is 2.47. The van der Waals surface area contributed by atoms with Gasteiger partial charge in [0.1, 0.15) is 11.9 Å². The first kappa shape index (κ1) is 19.4. The van der Waals surface area contributed by atoms with Crippen LogP contribution in [0.2, 0.25) is 0 Å². The SMILES string of the molecule is CCC(CN=C(N)NCC1CCCO1)Oc1cccc(C(F)(F)F)c1. The van der Waals surface area contributed by atoms with Crippen LogP contribution in [0.4, 0.5) is 13.2 Å². The van der Waals surface area contributed by atoms with Crippen LogP contribution in [0.3, 0.4) is 0 Å². The fourth-order valence-corrected chi connectivity index (χ4v) is 2.47. The molecule has 0 radical (unpaired) electrons. The summed E-state index contributed by atoms with van der Waals surface area (Å²) in [5, 5.41) is 3.00. The zero-order valence-corrected chi connectivity index (χ0v) is 14.2. The Morgan fingerprint density at radius 2 is 2.28 bits per heavy atom. The predicted octanol–water partition coefficient (Wildman–Crippen LogP) is 2.95. The Balaban J connectivity index is 1.86. The lowest BCUT2D eigenvalue weighted by Crippen LogP contribution is -2.38. The molecule has 0 aliphatic carbocycles. The van der Waals surface area contributed by atoms with Crippen molar-refractivity contribution >= 4 is 5.96 Å². The Morgan fingerprint density at radius 1 is 1.48 bits per heavy atom. The van der Waals surface area contributed by atoms with E-state index in [1.807, 2.05) is 6.92 Å². The summed E-state index contributed by atoms with van der Waals surface area (Å²) in [6.45, 7) is 3.51. The van der Waals surface area contributed by atoms with E-state index in [4.69, 9.17) is 15.2 Å². The molecule has 5 nitrogen and oxygen atoms in total. The molecule has 1 aliphatic heterocycles. The summed E-state index contributed by atoms with van der Waals surface area (Å²) in [7, 11) is 0. The molecule has 0 saturated carbocycles. The first-order chi connectivity index (χ1) is 11.9. The van der Waals surface area contributed by atoms with Crippen molar-refractivity contribution < 1.29 is 22.6 Å². The van der Waals surface area contributed by atoms with Crippen molar-refractivity contribution in [3.05, 3.63) is 29.8 Å². The number of aliphatic imine (C=N–C) groups is 1. The third-order valence-electron chi connectivity index (χ3n) is 3.92. The second-order valence-corrected chi connectivity index (χ2v) is 5.92. The quantitative estimate of drug-likeness (QED) is 0.580. The summed E-state index contributed by atoms with van der Waals surface area (Å²) in [6, 6.07) is 4.83. The van der Waals surface area contributed by atoms with E-state index in [0.717, 1.165) is 31.6 Å². The summed E-state index contributed by atoms with van der Waals surface area (Å²) in [6.07, 6.45) is -1.96. The summed E-state index contributed by atoms with van der Waals surface area (Å²) >= 11 is 0. The van der Waals surface area contributed by atoms with Gasteiger partial charge in [-0.15, -0.1) is 0 Å². The molecule has 1 aromatic carbocycles. The lowest BCUT2D eigenvalue weighted by atomic mass is 10.2. The summed E-state index contributed by atoms with van der Waals surface area (Å²) < 4.78 is 49.3. The van der Waals surface area contributed by atoms with Crippen LogP contribution in [0.15, 0.2) is 29.3 Å². The van der Waals surface area contributed by atoms with Crippen molar-refractivity contribution in [2.45, 2.75) is 44.6 Å². The number of halogens is 3. The van der Waals surface area contributed by atoms with Crippen LogP contribution in [0.5, 0.6) is 5.75 Å². The molecule has 1 aromatic rings. The normalized spacial score (nSPS) is 19.7. The number of guanidine groups is 1. The minimum absolute atomic E-state index is 0.150. The van der Waals surface area contributed by atoms with Gasteiger partial charge in [-0.1, -0.05) is 13.0 Å². The molecule has 0 aromatic heterocycles. The maximum absolute atomic E-state index is 12.7. The van der Waals surface area contributed by atoms with Gasteiger partial charge in [-0.05, 0) is 37.5 Å². The van der Waals surface area contributed by atoms with Crippen LogP contribution in [0.25, 0.3) is 0 Å². The van der Waals surface area contributed by atoms with E-state index in [-0.39, 0.29) is 30.5 Å². The van der Waals surface area contributed by atoms with Gasteiger partial charge in [0.05, 0.1) is 18.2 Å². The highest BCUT2D eigenvalue weighted by Gasteiger charge is 2.30. The summed E-state index contributed by atoms with van der Waals surface area (Å²) in [4.78, 5) is 4.20. The molecule has 2 unspecified atom stereocenters. The Bertz CT molecular complexity index is 573. The van der Waals surface area contributed by atoms with Crippen molar-refractivity contribution in [3.63, 3.8) is 0 Å². The van der Waals surface area contributed by atoms with Gasteiger partial charge in [-0.3, -0.25) is 0 Å². The minimum Gasteiger partial charge on any atom is -0.488 e. The molecule has 0 bridgehead atoms. The number of nitrogens with zero attached hydrogens (tertiary/aromatic N) is 1. The largest absolute Gasteiger partial charge is 0.488 e. The van der Waals surface area contributed by atoms with Crippen LogP contribution in [-0.4, -0.2) is 37.9 Å². The second-order valence-electron chi connectivity index (χ2n) is 5.92. The molecule has 1 fully saturated rings. The first-order valence-electron chi connectivity index (χ1n) is 8.37. The molecule has 0 amide bonds. The zero-order chi connectivity index (χ0) is 18.3. The van der Waals surface area contributed by atoms with Gasteiger partial charge in [0.2, 0.25) is 0 Å². The molecule has 1 saturated heterocycles. The average Bonchev–Trinajstić information content (AvgIpc) is 3.09. The smallest absolute Gasteiger partial charge is 0.416 e. The zero-order valence-electron chi connectivity index (χ0n) is 14.2. The highest BCUT2D eigenvalue weighted by Crippen LogP contribution is 2.31. The van der Waals surface area contributed by atoms with Gasteiger partial charge in [0, 0.05) is 13.2 Å². The number of hydrogen-bond acceptors (Lipinski definition) is 3. The van der Waals surface area contributed by atoms with E-state index < -0.39 is 11.7 Å². The van der Waals surface area contributed by atoms with E-state index in [2.05, 4.69) is 10.3 Å². The topological polar surface area (TPSA) is 68.9 Å². The summed E-state index contributed by atoms with van der Waals surface area (Å²) in [5.41, 5.74) is 5.07. The van der Waals surface area contributed by atoms with Crippen LogP contribution in [0, 0.1) is 0 Å². The second kappa shape index (κ2) is 8.94. The molecule has 0 spiro atoms. The van der Waals surface area contributed by atoms with Crippen molar-refractivity contribution in [3.8, 4) is 5.75 Å². The van der Waals surface area contributed by atoms with E-state index >= 15 is 0 Å². The van der Waals surface area contributed by atoms with Crippen LogP contribution in [0.1, 0.15) is 31.7 Å². The standard InChI is InChI=1S/C17H24F3N3O2/c1-2-13(10-22-16(21)23-11-15-7-4-8-24-15)25-14-6-3-5-12(9-14)17(18,19)20/h3,5-6,9,13,15H,2,4,7-8,10-11H2,1H3,(H3,21,22,23). The summed E-state index contributed by atoms with van der Waals surface area (Å²) in [5.74, 6) is 0.448. The van der Waals surface area contributed by atoms with E-state index in [1.54, 1.807) is 0 Å². The molecule has 140 valence electrons. The maximum Gasteiger partial charge on any atom is 0.416 e. The molecule has 1 heterocycles. The van der Waals surface area contributed by atoms with Crippen LogP contribution < -0.4 is 15.8 Å². The first-order valence-corrected chi connectivity index (χ1v) is 8.37. The van der Waals surface area contributed by atoms with Gasteiger partial charge in [-0.2, -0.15) is 13.2 Å². The predicted molar refractivity (Wildman–Crippen MR) is 89.6 cm³/mol. The lowest BCUT2D eigenvalue weighted by Gasteiger charge is -2.17. The molecular formula is C17H24F3N3O2. The van der Waals surface area contributed by atoms with Crippen molar-refractivity contribution in [2.24, 2.45) is 10.7 Å². The molecule has 1 aliphatic rings. The third-order valence-corrected chi connectivity index (χ3v) is 3.92. The van der Waals surface area contributed by atoms with E-state index in [9.17, 15) is 13.2 Å². The monoisotopic (exact) mass is 359 g/mol. The Morgan fingerprint density at radius 3 is 2.92 bits per heavy atom. The van der Waals surface area contributed by atoms with E-state index in [0.29, 0.717) is 13.0 Å². The number of hydrogen-bond donors (Lipinski definition) is 2. The van der Waals surface area contributed by atoms with Gasteiger partial charge in [0.25, 0.3) is 0 Å². The van der Waals surface area contributed by atoms with Gasteiger partial charge in [0.15, 0.2) is 5.96 Å². The van der Waals surface area contributed by atoms with Crippen LogP contribution in [-0.2, 0) is 10.9 Å². The van der Waals surface area contributed by atoms with Gasteiger partial charge < -0.3 is 20.5 Å². The number of nitrogens with one attached hydrogen (secondary N) is 1. The average molecular weight is 359 g/mol. The Hall–Kier alpha value is -1.96. The van der Waals surface area contributed by atoms with E-state index in [1.165, 1.54) is 12.1 Å². The lowest BCUT2D eigenvalue weighted by molar-refractivity contribution is -0.137. The van der Waals surface area contributed by atoms with Gasteiger partial charge in [-0.25, -0.2) is 4.99 Å². The number of ether oxygens (including phenoxy) is 2. The number of alkyl halides is 3. The molecule has 2 rings (SSSR count). The molecule has 3 N–H and O–H groups in total. The van der Waals surface area contributed by atoms with Crippen molar-refractivity contribution in [1.29, 1.82) is 0 Å².